The predicted molar refractivity (Wildman–Crippen MR) is 84.9 cm³/mol. The van der Waals surface area contributed by atoms with Crippen molar-refractivity contribution in [2.75, 3.05) is 24.3 Å². The van der Waals surface area contributed by atoms with Crippen LogP contribution in [-0.4, -0.2) is 30.5 Å². The number of halogens is 3. The molecule has 0 bridgehead atoms. The number of anilines is 2. The number of thioether (sulfide) groups is 1. The normalized spacial score (nSPS) is 11.2. The van der Waals surface area contributed by atoms with Gasteiger partial charge in [-0.1, -0.05) is 12.1 Å². The number of para-hydroxylation sites is 1. The Hall–Kier alpha value is -2.22. The average Bonchev–Trinajstić information content (AvgIpc) is 2.48. The molecular weight excluding hydrogens is 327 g/mol. The Balaban J connectivity index is 2.17. The number of hydrogen-bond donors (Lipinski definition) is 1. The van der Waals surface area contributed by atoms with Gasteiger partial charge >= 0.3 is 5.51 Å². The minimum atomic E-state index is -4.42. The summed E-state index contributed by atoms with van der Waals surface area (Å²) in [6.45, 7) is 0. The summed E-state index contributed by atoms with van der Waals surface area (Å²) in [4.78, 5) is 18.0. The molecule has 0 radical (unpaired) electrons. The zero-order valence-corrected chi connectivity index (χ0v) is 13.2. The van der Waals surface area contributed by atoms with Gasteiger partial charge in [0.05, 0.1) is 11.3 Å². The van der Waals surface area contributed by atoms with E-state index in [-0.39, 0.29) is 27.9 Å². The van der Waals surface area contributed by atoms with Gasteiger partial charge in [-0.15, -0.1) is 0 Å². The van der Waals surface area contributed by atoms with E-state index in [4.69, 9.17) is 0 Å². The van der Waals surface area contributed by atoms with Gasteiger partial charge in [-0.05, 0) is 36.0 Å². The first-order chi connectivity index (χ1) is 10.8. The van der Waals surface area contributed by atoms with Gasteiger partial charge < -0.3 is 10.2 Å². The van der Waals surface area contributed by atoms with Gasteiger partial charge in [0.15, 0.2) is 0 Å². The molecule has 1 aromatic heterocycles. The molecule has 1 amide bonds. The first kappa shape index (κ1) is 17.1. The van der Waals surface area contributed by atoms with E-state index in [1.54, 1.807) is 23.1 Å². The third-order valence-corrected chi connectivity index (χ3v) is 3.64. The molecule has 23 heavy (non-hydrogen) atoms. The number of amides is 1. The summed E-state index contributed by atoms with van der Waals surface area (Å²) in [5.41, 5.74) is -4.05. The first-order valence-corrected chi connectivity index (χ1v) is 7.37. The standard InChI is InChI=1S/C15H14F3N3OS/c1-21(2)13-8-7-10(9-19-13)14(22)20-11-5-3-4-6-12(11)23-15(16,17)18/h3-9H,1-2H3,(H,20,22). The van der Waals surface area contributed by atoms with Crippen LogP contribution in [0.4, 0.5) is 24.7 Å². The minimum Gasteiger partial charge on any atom is -0.363 e. The van der Waals surface area contributed by atoms with E-state index in [1.807, 2.05) is 14.1 Å². The Morgan fingerprint density at radius 3 is 2.43 bits per heavy atom. The quantitative estimate of drug-likeness (QED) is 0.854. The third-order valence-electron chi connectivity index (χ3n) is 2.83. The molecule has 0 aliphatic carbocycles. The number of hydrogen-bond acceptors (Lipinski definition) is 4. The number of pyridine rings is 1. The van der Waals surface area contributed by atoms with Gasteiger partial charge in [0.25, 0.3) is 5.91 Å². The Kier molecular flexibility index (Phi) is 5.15. The number of carbonyl (C=O) groups is 1. The molecule has 2 rings (SSSR count). The number of alkyl halides is 3. The van der Waals surface area contributed by atoms with Crippen LogP contribution in [-0.2, 0) is 0 Å². The Morgan fingerprint density at radius 2 is 1.87 bits per heavy atom. The van der Waals surface area contributed by atoms with Crippen molar-refractivity contribution in [1.29, 1.82) is 0 Å². The number of carbonyl (C=O) groups excluding carboxylic acids is 1. The van der Waals surface area contributed by atoms with Crippen LogP contribution in [0.25, 0.3) is 0 Å². The smallest absolute Gasteiger partial charge is 0.363 e. The molecule has 1 N–H and O–H groups in total. The predicted octanol–water partition coefficient (Wildman–Crippen LogP) is 4.01. The molecule has 0 atom stereocenters. The molecule has 0 aliphatic rings. The van der Waals surface area contributed by atoms with Gasteiger partial charge in [-0.2, -0.15) is 13.2 Å². The maximum Gasteiger partial charge on any atom is 0.446 e. The SMILES string of the molecule is CN(C)c1ccc(C(=O)Nc2ccccc2SC(F)(F)F)cn1. The summed E-state index contributed by atoms with van der Waals surface area (Å²) in [5.74, 6) is 0.160. The molecule has 122 valence electrons. The average molecular weight is 341 g/mol. The summed E-state index contributed by atoms with van der Waals surface area (Å²) >= 11 is -0.266. The number of rotatable bonds is 4. The molecule has 0 unspecified atom stereocenters. The van der Waals surface area contributed by atoms with Gasteiger partial charge in [0.2, 0.25) is 0 Å². The number of nitrogens with one attached hydrogen (secondary N) is 1. The number of benzene rings is 1. The van der Waals surface area contributed by atoms with E-state index in [0.29, 0.717) is 5.82 Å². The zero-order valence-electron chi connectivity index (χ0n) is 12.4. The molecule has 2 aromatic rings. The molecule has 0 aliphatic heterocycles. The van der Waals surface area contributed by atoms with Gasteiger partial charge in [-0.25, -0.2) is 4.98 Å². The molecule has 0 saturated carbocycles. The summed E-state index contributed by atoms with van der Waals surface area (Å²) in [5, 5.41) is 2.48. The first-order valence-electron chi connectivity index (χ1n) is 6.56. The second-order valence-electron chi connectivity index (χ2n) is 4.80. The van der Waals surface area contributed by atoms with Gasteiger partial charge in [0, 0.05) is 25.2 Å². The fourth-order valence-corrected chi connectivity index (χ4v) is 2.39. The Morgan fingerprint density at radius 1 is 1.17 bits per heavy atom. The lowest BCUT2D eigenvalue weighted by Gasteiger charge is -2.13. The molecule has 0 fully saturated rings. The van der Waals surface area contributed by atoms with Crippen molar-refractivity contribution >= 4 is 29.2 Å². The highest BCUT2D eigenvalue weighted by atomic mass is 32.2. The number of aromatic nitrogens is 1. The second kappa shape index (κ2) is 6.91. The largest absolute Gasteiger partial charge is 0.446 e. The van der Waals surface area contributed by atoms with E-state index in [0.717, 1.165) is 0 Å². The van der Waals surface area contributed by atoms with E-state index in [1.165, 1.54) is 24.4 Å². The monoisotopic (exact) mass is 341 g/mol. The van der Waals surface area contributed by atoms with Crippen molar-refractivity contribution in [3.63, 3.8) is 0 Å². The van der Waals surface area contributed by atoms with Crippen molar-refractivity contribution < 1.29 is 18.0 Å². The molecule has 1 aromatic carbocycles. The fourth-order valence-electron chi connectivity index (χ4n) is 1.76. The van der Waals surface area contributed by atoms with Crippen LogP contribution >= 0.6 is 11.8 Å². The van der Waals surface area contributed by atoms with E-state index >= 15 is 0 Å². The summed E-state index contributed by atoms with van der Waals surface area (Å²) in [6.07, 6.45) is 1.38. The van der Waals surface area contributed by atoms with E-state index in [9.17, 15) is 18.0 Å². The minimum absolute atomic E-state index is 0.0637. The Labute approximate surface area is 135 Å². The highest BCUT2D eigenvalue weighted by Crippen LogP contribution is 2.40. The topological polar surface area (TPSA) is 45.2 Å². The van der Waals surface area contributed by atoms with Crippen LogP contribution in [0.3, 0.4) is 0 Å². The maximum atomic E-state index is 12.5. The second-order valence-corrected chi connectivity index (χ2v) is 5.90. The zero-order chi connectivity index (χ0) is 17.0. The van der Waals surface area contributed by atoms with Crippen LogP contribution in [0, 0.1) is 0 Å². The molecule has 4 nitrogen and oxygen atoms in total. The van der Waals surface area contributed by atoms with Crippen LogP contribution in [0.5, 0.6) is 0 Å². The van der Waals surface area contributed by atoms with E-state index < -0.39 is 11.4 Å². The number of nitrogens with zero attached hydrogens (tertiary/aromatic N) is 2. The van der Waals surface area contributed by atoms with Crippen molar-refractivity contribution in [3.8, 4) is 0 Å². The third kappa shape index (κ3) is 4.88. The van der Waals surface area contributed by atoms with Crippen molar-refractivity contribution in [3.05, 3.63) is 48.2 Å². The van der Waals surface area contributed by atoms with Crippen LogP contribution in [0.15, 0.2) is 47.5 Å². The van der Waals surface area contributed by atoms with Gasteiger partial charge in [-0.3, -0.25) is 4.79 Å². The van der Waals surface area contributed by atoms with Crippen molar-refractivity contribution in [1.82, 2.24) is 4.98 Å². The summed E-state index contributed by atoms with van der Waals surface area (Å²) in [6, 6.07) is 9.00. The lowest BCUT2D eigenvalue weighted by atomic mass is 10.2. The Bertz CT molecular complexity index is 687. The van der Waals surface area contributed by atoms with Crippen molar-refractivity contribution in [2.45, 2.75) is 10.4 Å². The molecule has 0 spiro atoms. The highest BCUT2D eigenvalue weighted by Gasteiger charge is 2.30. The lowest BCUT2D eigenvalue weighted by molar-refractivity contribution is -0.0328. The molecule has 8 heteroatoms. The van der Waals surface area contributed by atoms with Gasteiger partial charge in [0.1, 0.15) is 5.82 Å². The lowest BCUT2D eigenvalue weighted by Crippen LogP contribution is -2.15. The molecular formula is C15H14F3N3OS. The summed E-state index contributed by atoms with van der Waals surface area (Å²) < 4.78 is 37.6. The highest BCUT2D eigenvalue weighted by molar-refractivity contribution is 8.00. The maximum absolute atomic E-state index is 12.5. The van der Waals surface area contributed by atoms with Crippen LogP contribution < -0.4 is 10.2 Å². The van der Waals surface area contributed by atoms with Crippen LogP contribution in [0.1, 0.15) is 10.4 Å². The van der Waals surface area contributed by atoms with Crippen molar-refractivity contribution in [2.24, 2.45) is 0 Å². The molecule has 0 saturated heterocycles. The fraction of sp³-hybridized carbons (Fsp3) is 0.200. The van der Waals surface area contributed by atoms with E-state index in [2.05, 4.69) is 10.3 Å². The summed E-state index contributed by atoms with van der Waals surface area (Å²) in [7, 11) is 3.62. The van der Waals surface area contributed by atoms with Crippen LogP contribution in [0.2, 0.25) is 0 Å². The molecule has 1 heterocycles.